The first-order chi connectivity index (χ1) is 20.0. The molecular weight excluding hydrogens is 536 g/mol. The van der Waals surface area contributed by atoms with Crippen molar-refractivity contribution >= 4 is 24.7 Å². The molecule has 2 rings (SSSR count). The average molecular weight is 597 g/mol. The Morgan fingerprint density at radius 2 is 1.07 bits per heavy atom. The van der Waals surface area contributed by atoms with E-state index in [1.807, 2.05) is 20.8 Å². The van der Waals surface area contributed by atoms with Gasteiger partial charge in [0, 0.05) is 6.61 Å². The first-order valence-electron chi connectivity index (χ1n) is 16.6. The van der Waals surface area contributed by atoms with Gasteiger partial charge in [-0.1, -0.05) is 152 Å². The van der Waals surface area contributed by atoms with Gasteiger partial charge in [0.15, 0.2) is 0 Å². The van der Waals surface area contributed by atoms with Gasteiger partial charge in [0.2, 0.25) is 0 Å². The van der Waals surface area contributed by atoms with E-state index in [1.165, 1.54) is 68.2 Å². The number of aliphatic hydroxyl groups is 1. The molecule has 0 aliphatic carbocycles. The number of hydrogen-bond donors (Lipinski definition) is 1. The van der Waals surface area contributed by atoms with Crippen LogP contribution in [-0.4, -0.2) is 37.7 Å². The van der Waals surface area contributed by atoms with Gasteiger partial charge in [-0.2, -0.15) is 0 Å². The molecule has 2 aromatic carbocycles. The first kappa shape index (κ1) is 36.2. The Kier molecular flexibility index (Phi) is 16.1. The molecule has 42 heavy (non-hydrogen) atoms. The molecule has 0 radical (unpaired) electrons. The molecule has 0 fully saturated rings. The fraction of sp³-hybridized carbons (Fsp3) is 0.649. The molecule has 1 atom stereocenters. The normalized spacial score (nSPS) is 13.2. The number of esters is 1. The third-order valence-electron chi connectivity index (χ3n) is 7.99. The van der Waals surface area contributed by atoms with Crippen molar-refractivity contribution in [3.63, 3.8) is 0 Å². The maximum atomic E-state index is 11.8. The Morgan fingerprint density at radius 3 is 1.48 bits per heavy atom. The molecule has 0 heterocycles. The summed E-state index contributed by atoms with van der Waals surface area (Å²) < 4.78 is 12.3. The minimum absolute atomic E-state index is 0.0404. The lowest BCUT2D eigenvalue weighted by atomic mass is 10.0. The van der Waals surface area contributed by atoms with Gasteiger partial charge in [-0.3, -0.25) is 4.79 Å². The van der Waals surface area contributed by atoms with E-state index in [-0.39, 0.29) is 17.4 Å². The van der Waals surface area contributed by atoms with Gasteiger partial charge in [0.25, 0.3) is 8.32 Å². The number of rotatable bonds is 20. The van der Waals surface area contributed by atoms with Crippen molar-refractivity contribution < 1.29 is 19.1 Å². The maximum absolute atomic E-state index is 11.8. The van der Waals surface area contributed by atoms with Crippen LogP contribution in [0.1, 0.15) is 131 Å². The number of carbonyl (C=O) groups is 1. The van der Waals surface area contributed by atoms with E-state index in [1.54, 1.807) is 0 Å². The van der Waals surface area contributed by atoms with Crippen LogP contribution >= 0.6 is 0 Å². The molecular formula is C37H60O4Si. The topological polar surface area (TPSA) is 55.8 Å². The highest BCUT2D eigenvalue weighted by molar-refractivity contribution is 6.99. The van der Waals surface area contributed by atoms with Crippen LogP contribution in [0.3, 0.4) is 0 Å². The number of ether oxygens (including phenoxy) is 1. The molecule has 0 aliphatic rings. The maximum Gasteiger partial charge on any atom is 0.308 e. The first-order valence-corrected chi connectivity index (χ1v) is 18.5. The summed E-state index contributed by atoms with van der Waals surface area (Å²) >= 11 is 0. The summed E-state index contributed by atoms with van der Waals surface area (Å²) in [5, 5.41) is 12.8. The van der Waals surface area contributed by atoms with Crippen molar-refractivity contribution in [1.29, 1.82) is 0 Å². The number of aliphatic hydroxyl groups excluding tert-OH is 1. The Morgan fingerprint density at radius 1 is 0.667 bits per heavy atom. The van der Waals surface area contributed by atoms with Gasteiger partial charge < -0.3 is 14.3 Å². The summed E-state index contributed by atoms with van der Waals surface area (Å²) in [6.07, 6.45) is 15.0. The summed E-state index contributed by atoms with van der Waals surface area (Å²) in [4.78, 5) is 11.8. The zero-order valence-electron chi connectivity index (χ0n) is 27.6. The number of hydrogen-bond acceptors (Lipinski definition) is 4. The van der Waals surface area contributed by atoms with Gasteiger partial charge in [-0.25, -0.2) is 0 Å². The number of unbranched alkanes of at least 4 members (excludes halogenated alkanes) is 11. The summed E-state index contributed by atoms with van der Waals surface area (Å²) in [5.74, 6) is -0.307. The highest BCUT2D eigenvalue weighted by Crippen LogP contribution is 2.36. The van der Waals surface area contributed by atoms with Gasteiger partial charge in [-0.15, -0.1) is 0 Å². The van der Waals surface area contributed by atoms with Crippen LogP contribution < -0.4 is 10.4 Å². The lowest BCUT2D eigenvalue weighted by Crippen LogP contribution is -2.66. The SMILES string of the molecule is CC(C)(C)OC(=O)C[C@@H](O)CCCCCCCCCCCCCCO[Si](c1ccccc1)(c1ccccc1)C(C)(C)C. The molecule has 5 heteroatoms. The number of carbonyl (C=O) groups excluding carboxylic acids is 1. The zero-order valence-corrected chi connectivity index (χ0v) is 28.6. The molecule has 0 saturated heterocycles. The van der Waals surface area contributed by atoms with E-state index in [9.17, 15) is 9.90 Å². The van der Waals surface area contributed by atoms with Crippen molar-refractivity contribution in [2.24, 2.45) is 0 Å². The van der Waals surface area contributed by atoms with Crippen LogP contribution in [-0.2, 0) is 14.0 Å². The van der Waals surface area contributed by atoms with E-state index < -0.39 is 20.0 Å². The van der Waals surface area contributed by atoms with E-state index in [0.29, 0.717) is 6.42 Å². The van der Waals surface area contributed by atoms with Crippen molar-refractivity contribution in [3.8, 4) is 0 Å². The van der Waals surface area contributed by atoms with Crippen molar-refractivity contribution in [1.82, 2.24) is 0 Å². The van der Waals surface area contributed by atoms with Crippen LogP contribution in [0.25, 0.3) is 0 Å². The predicted molar refractivity (Wildman–Crippen MR) is 180 cm³/mol. The third kappa shape index (κ3) is 13.1. The molecule has 0 amide bonds. The van der Waals surface area contributed by atoms with Crippen LogP contribution in [0.15, 0.2) is 60.7 Å². The summed E-state index contributed by atoms with van der Waals surface area (Å²) in [6.45, 7) is 13.4. The summed E-state index contributed by atoms with van der Waals surface area (Å²) in [5.41, 5.74) is -0.488. The second-order valence-electron chi connectivity index (χ2n) is 14.0. The quantitative estimate of drug-likeness (QED) is 0.0943. The second kappa shape index (κ2) is 18.7. The van der Waals surface area contributed by atoms with Gasteiger partial charge in [-0.05, 0) is 49.0 Å². The number of benzene rings is 2. The Bertz CT molecular complexity index is 939. The molecule has 0 unspecified atom stereocenters. The van der Waals surface area contributed by atoms with Gasteiger partial charge in [0.1, 0.15) is 5.60 Å². The zero-order chi connectivity index (χ0) is 30.9. The fourth-order valence-corrected chi connectivity index (χ4v) is 10.5. The Labute approximate surface area is 258 Å². The molecule has 0 aliphatic heterocycles. The largest absolute Gasteiger partial charge is 0.460 e. The molecule has 0 spiro atoms. The minimum atomic E-state index is -2.40. The molecule has 0 saturated carbocycles. The van der Waals surface area contributed by atoms with Gasteiger partial charge >= 0.3 is 5.97 Å². The predicted octanol–water partition coefficient (Wildman–Crippen LogP) is 8.73. The van der Waals surface area contributed by atoms with Crippen LogP contribution in [0.5, 0.6) is 0 Å². The lowest BCUT2D eigenvalue weighted by Gasteiger charge is -2.43. The van der Waals surface area contributed by atoms with Gasteiger partial charge in [0.05, 0.1) is 12.5 Å². The average Bonchev–Trinajstić information content (AvgIpc) is 2.92. The highest BCUT2D eigenvalue weighted by atomic mass is 28.4. The van der Waals surface area contributed by atoms with Crippen molar-refractivity contribution in [3.05, 3.63) is 60.7 Å². The van der Waals surface area contributed by atoms with Crippen LogP contribution in [0.2, 0.25) is 5.04 Å². The van der Waals surface area contributed by atoms with Crippen molar-refractivity contribution in [2.45, 2.75) is 148 Å². The molecule has 236 valence electrons. The van der Waals surface area contributed by atoms with E-state index in [0.717, 1.165) is 25.9 Å². The molecule has 4 nitrogen and oxygen atoms in total. The molecule has 0 bridgehead atoms. The van der Waals surface area contributed by atoms with E-state index >= 15 is 0 Å². The highest BCUT2D eigenvalue weighted by Gasteiger charge is 2.49. The van der Waals surface area contributed by atoms with Crippen LogP contribution in [0, 0.1) is 0 Å². The molecule has 0 aromatic heterocycles. The summed E-state index contributed by atoms with van der Waals surface area (Å²) in [6, 6.07) is 21.9. The van der Waals surface area contributed by atoms with Crippen LogP contribution in [0.4, 0.5) is 0 Å². The van der Waals surface area contributed by atoms with E-state index in [4.69, 9.17) is 9.16 Å². The second-order valence-corrected chi connectivity index (χ2v) is 18.3. The minimum Gasteiger partial charge on any atom is -0.460 e. The van der Waals surface area contributed by atoms with E-state index in [2.05, 4.69) is 81.4 Å². The molecule has 1 N–H and O–H groups in total. The standard InChI is InChI=1S/C37H60O4Si/c1-36(2,3)41-35(39)31-32(38)25-19-15-13-11-9-7-8-10-12-14-16-24-30-40-42(37(4,5)6,33-26-20-17-21-27-33)34-28-22-18-23-29-34/h17-18,20-23,26-29,32,38H,7-16,19,24-25,30-31H2,1-6H3/t32-/m0/s1. The Hall–Kier alpha value is -1.95. The molecule has 2 aromatic rings. The third-order valence-corrected chi connectivity index (χ3v) is 13.0. The Balaban J connectivity index is 1.56. The fourth-order valence-electron chi connectivity index (χ4n) is 5.91. The monoisotopic (exact) mass is 596 g/mol. The van der Waals surface area contributed by atoms with Crippen molar-refractivity contribution in [2.75, 3.05) is 6.61 Å². The smallest absolute Gasteiger partial charge is 0.308 e. The lowest BCUT2D eigenvalue weighted by molar-refractivity contribution is -0.157. The summed E-state index contributed by atoms with van der Waals surface area (Å²) in [7, 11) is -2.40.